The standard InChI is InChI=1S/C16H16Cl3N/c1-2-20-16(9-11-4-3-5-12(17)8-11)14-7-6-13(18)10-15(14)19/h3-8,10,16,20H,2,9H2,1H3. The molecule has 1 N–H and O–H groups in total. The number of likely N-dealkylation sites (N-methyl/N-ethyl adjacent to an activating group) is 1. The lowest BCUT2D eigenvalue weighted by Crippen LogP contribution is -2.23. The molecule has 0 radical (unpaired) electrons. The van der Waals surface area contributed by atoms with Gasteiger partial charge < -0.3 is 5.32 Å². The van der Waals surface area contributed by atoms with E-state index in [0.717, 1.165) is 23.6 Å². The summed E-state index contributed by atoms with van der Waals surface area (Å²) in [7, 11) is 0. The summed E-state index contributed by atoms with van der Waals surface area (Å²) in [6.45, 7) is 2.94. The van der Waals surface area contributed by atoms with E-state index in [9.17, 15) is 0 Å². The molecule has 0 amide bonds. The van der Waals surface area contributed by atoms with Crippen LogP contribution in [-0.2, 0) is 6.42 Å². The van der Waals surface area contributed by atoms with Gasteiger partial charge in [0.2, 0.25) is 0 Å². The minimum absolute atomic E-state index is 0.142. The van der Waals surface area contributed by atoms with Crippen molar-refractivity contribution in [3.63, 3.8) is 0 Å². The Morgan fingerprint density at radius 2 is 1.75 bits per heavy atom. The molecule has 1 atom stereocenters. The van der Waals surface area contributed by atoms with Crippen molar-refractivity contribution in [1.82, 2.24) is 5.32 Å². The van der Waals surface area contributed by atoms with Crippen LogP contribution in [0.4, 0.5) is 0 Å². The maximum atomic E-state index is 6.31. The number of benzene rings is 2. The van der Waals surface area contributed by atoms with E-state index in [1.54, 1.807) is 6.07 Å². The second-order valence-corrected chi connectivity index (χ2v) is 5.89. The maximum Gasteiger partial charge on any atom is 0.0468 e. The van der Waals surface area contributed by atoms with Gasteiger partial charge in [0.25, 0.3) is 0 Å². The Labute approximate surface area is 134 Å². The summed E-state index contributed by atoms with van der Waals surface area (Å²) < 4.78 is 0. The van der Waals surface area contributed by atoms with Crippen molar-refractivity contribution in [3.05, 3.63) is 68.7 Å². The lowest BCUT2D eigenvalue weighted by atomic mass is 9.98. The Bertz CT molecular complexity index is 584. The molecule has 0 saturated carbocycles. The van der Waals surface area contributed by atoms with Gasteiger partial charge >= 0.3 is 0 Å². The quantitative estimate of drug-likeness (QED) is 0.760. The first-order chi connectivity index (χ1) is 9.60. The first-order valence-corrected chi connectivity index (χ1v) is 7.66. The first-order valence-electron chi connectivity index (χ1n) is 6.53. The van der Waals surface area contributed by atoms with Crippen LogP contribution in [0.15, 0.2) is 42.5 Å². The Morgan fingerprint density at radius 3 is 2.40 bits per heavy atom. The van der Waals surface area contributed by atoms with Crippen LogP contribution in [0.25, 0.3) is 0 Å². The molecule has 4 heteroatoms. The molecule has 2 aromatic carbocycles. The van der Waals surface area contributed by atoms with Gasteiger partial charge in [-0.1, -0.05) is 59.9 Å². The van der Waals surface area contributed by atoms with Crippen molar-refractivity contribution in [2.45, 2.75) is 19.4 Å². The summed E-state index contributed by atoms with van der Waals surface area (Å²) in [5, 5.41) is 5.54. The smallest absolute Gasteiger partial charge is 0.0468 e. The highest BCUT2D eigenvalue weighted by atomic mass is 35.5. The van der Waals surface area contributed by atoms with E-state index in [2.05, 4.69) is 18.3 Å². The molecule has 0 aromatic heterocycles. The van der Waals surface area contributed by atoms with E-state index in [4.69, 9.17) is 34.8 Å². The predicted octanol–water partition coefficient (Wildman–Crippen LogP) is 5.54. The third-order valence-corrected chi connectivity index (χ3v) is 3.91. The SMILES string of the molecule is CCNC(Cc1cccc(Cl)c1)c1ccc(Cl)cc1Cl. The van der Waals surface area contributed by atoms with Crippen LogP contribution in [0.1, 0.15) is 24.1 Å². The van der Waals surface area contributed by atoms with E-state index in [1.165, 1.54) is 5.56 Å². The van der Waals surface area contributed by atoms with Gasteiger partial charge in [0.15, 0.2) is 0 Å². The van der Waals surface area contributed by atoms with E-state index in [-0.39, 0.29) is 6.04 Å². The number of hydrogen-bond acceptors (Lipinski definition) is 1. The molecule has 106 valence electrons. The van der Waals surface area contributed by atoms with Gasteiger partial charge in [0, 0.05) is 21.1 Å². The minimum atomic E-state index is 0.142. The minimum Gasteiger partial charge on any atom is -0.310 e. The summed E-state index contributed by atoms with van der Waals surface area (Å²) in [4.78, 5) is 0. The molecule has 0 saturated heterocycles. The molecule has 0 aliphatic heterocycles. The topological polar surface area (TPSA) is 12.0 Å². The molecule has 1 unspecified atom stereocenters. The van der Waals surface area contributed by atoms with Gasteiger partial charge in [-0.2, -0.15) is 0 Å². The summed E-state index contributed by atoms with van der Waals surface area (Å²) in [5.41, 5.74) is 2.23. The highest BCUT2D eigenvalue weighted by Crippen LogP contribution is 2.29. The molecule has 0 aliphatic carbocycles. The van der Waals surface area contributed by atoms with Gasteiger partial charge in [0.05, 0.1) is 0 Å². The summed E-state index contributed by atoms with van der Waals surface area (Å²) >= 11 is 18.3. The van der Waals surface area contributed by atoms with Gasteiger partial charge in [0.1, 0.15) is 0 Å². The largest absolute Gasteiger partial charge is 0.310 e. The second-order valence-electron chi connectivity index (χ2n) is 4.61. The molecule has 0 aliphatic rings. The predicted molar refractivity (Wildman–Crippen MR) is 88.0 cm³/mol. The zero-order chi connectivity index (χ0) is 14.5. The van der Waals surface area contributed by atoms with Gasteiger partial charge in [-0.3, -0.25) is 0 Å². The van der Waals surface area contributed by atoms with Crippen molar-refractivity contribution in [2.75, 3.05) is 6.54 Å². The van der Waals surface area contributed by atoms with Crippen molar-refractivity contribution >= 4 is 34.8 Å². The molecular weight excluding hydrogens is 313 g/mol. The average molecular weight is 329 g/mol. The third kappa shape index (κ3) is 4.13. The molecule has 1 nitrogen and oxygen atoms in total. The molecular formula is C16H16Cl3N. The summed E-state index contributed by atoms with van der Waals surface area (Å²) in [5.74, 6) is 0. The molecule has 0 spiro atoms. The van der Waals surface area contributed by atoms with Gasteiger partial charge in [-0.05, 0) is 48.4 Å². The van der Waals surface area contributed by atoms with E-state index in [1.807, 2.05) is 30.3 Å². The average Bonchev–Trinajstić information content (AvgIpc) is 2.38. The second kappa shape index (κ2) is 7.33. The van der Waals surface area contributed by atoms with Crippen molar-refractivity contribution in [3.8, 4) is 0 Å². The maximum absolute atomic E-state index is 6.31. The zero-order valence-electron chi connectivity index (χ0n) is 11.2. The summed E-state index contributed by atoms with van der Waals surface area (Å²) in [6.07, 6.45) is 0.829. The van der Waals surface area contributed by atoms with Crippen LogP contribution in [0.5, 0.6) is 0 Å². The van der Waals surface area contributed by atoms with Crippen LogP contribution >= 0.6 is 34.8 Å². The molecule has 20 heavy (non-hydrogen) atoms. The monoisotopic (exact) mass is 327 g/mol. The van der Waals surface area contributed by atoms with Crippen LogP contribution in [0.2, 0.25) is 15.1 Å². The fourth-order valence-electron chi connectivity index (χ4n) is 2.22. The van der Waals surface area contributed by atoms with Crippen molar-refractivity contribution in [1.29, 1.82) is 0 Å². The Hall–Kier alpha value is -0.730. The number of nitrogens with one attached hydrogen (secondary N) is 1. The van der Waals surface area contributed by atoms with E-state index >= 15 is 0 Å². The lowest BCUT2D eigenvalue weighted by Gasteiger charge is -2.20. The molecule has 0 heterocycles. The van der Waals surface area contributed by atoms with E-state index < -0.39 is 0 Å². The number of rotatable bonds is 5. The normalized spacial score (nSPS) is 12.4. The highest BCUT2D eigenvalue weighted by Gasteiger charge is 2.15. The fraction of sp³-hybridized carbons (Fsp3) is 0.250. The van der Waals surface area contributed by atoms with E-state index in [0.29, 0.717) is 10.0 Å². The first kappa shape index (κ1) is 15.7. The van der Waals surface area contributed by atoms with Crippen molar-refractivity contribution < 1.29 is 0 Å². The van der Waals surface area contributed by atoms with Crippen LogP contribution in [0, 0.1) is 0 Å². The van der Waals surface area contributed by atoms with Crippen LogP contribution in [0.3, 0.4) is 0 Å². The number of hydrogen-bond donors (Lipinski definition) is 1. The van der Waals surface area contributed by atoms with Crippen molar-refractivity contribution in [2.24, 2.45) is 0 Å². The van der Waals surface area contributed by atoms with Crippen LogP contribution in [-0.4, -0.2) is 6.54 Å². The van der Waals surface area contributed by atoms with Gasteiger partial charge in [-0.25, -0.2) is 0 Å². The summed E-state index contributed by atoms with van der Waals surface area (Å²) in [6, 6.07) is 13.7. The Balaban J connectivity index is 2.26. The third-order valence-electron chi connectivity index (χ3n) is 3.12. The molecule has 2 rings (SSSR count). The lowest BCUT2D eigenvalue weighted by molar-refractivity contribution is 0.550. The van der Waals surface area contributed by atoms with Gasteiger partial charge in [-0.15, -0.1) is 0 Å². The molecule has 0 bridgehead atoms. The Morgan fingerprint density at radius 1 is 1.00 bits per heavy atom. The molecule has 2 aromatic rings. The molecule has 0 fully saturated rings. The number of halogens is 3. The highest BCUT2D eigenvalue weighted by molar-refractivity contribution is 6.35. The zero-order valence-corrected chi connectivity index (χ0v) is 13.4. The van der Waals surface area contributed by atoms with Crippen LogP contribution < -0.4 is 5.32 Å². The Kier molecular flexibility index (Phi) is 5.74. The fourth-order valence-corrected chi connectivity index (χ4v) is 2.98.